The summed E-state index contributed by atoms with van der Waals surface area (Å²) >= 11 is 8.87. The number of hydrogen-bond acceptors (Lipinski definition) is 5. The van der Waals surface area contributed by atoms with E-state index in [1.54, 1.807) is 36.0 Å². The molecule has 128 valence electrons. The molecule has 0 bridgehead atoms. The van der Waals surface area contributed by atoms with Crippen LogP contribution in [0.3, 0.4) is 0 Å². The van der Waals surface area contributed by atoms with Crippen molar-refractivity contribution in [1.29, 1.82) is 0 Å². The number of carbonyl (C=O) groups excluding carboxylic acids is 1. The van der Waals surface area contributed by atoms with Gasteiger partial charge in [0.05, 0.1) is 0 Å². The summed E-state index contributed by atoms with van der Waals surface area (Å²) in [5.74, 6) is 0.753. The molecule has 0 aliphatic rings. The van der Waals surface area contributed by atoms with Crippen molar-refractivity contribution in [3.05, 3.63) is 70.7 Å². The van der Waals surface area contributed by atoms with Gasteiger partial charge >= 0.3 is 0 Å². The fourth-order valence-corrected chi connectivity index (χ4v) is 4.05. The van der Waals surface area contributed by atoms with Crippen molar-refractivity contribution >= 4 is 45.7 Å². The minimum absolute atomic E-state index is 0.214. The normalized spacial score (nSPS) is 10.6. The number of hydrogen-bond donors (Lipinski definition) is 1. The molecule has 3 rings (SSSR count). The van der Waals surface area contributed by atoms with Crippen LogP contribution in [0.4, 0.5) is 5.13 Å². The summed E-state index contributed by atoms with van der Waals surface area (Å²) in [5, 5.41) is 12.0. The zero-order chi connectivity index (χ0) is 17.5. The van der Waals surface area contributed by atoms with E-state index in [-0.39, 0.29) is 5.91 Å². The van der Waals surface area contributed by atoms with Crippen LogP contribution in [0.25, 0.3) is 0 Å². The van der Waals surface area contributed by atoms with Gasteiger partial charge < -0.3 is 0 Å². The summed E-state index contributed by atoms with van der Waals surface area (Å²) in [7, 11) is 0. The highest BCUT2D eigenvalue weighted by molar-refractivity contribution is 8.01. The molecule has 1 heterocycles. The van der Waals surface area contributed by atoms with Gasteiger partial charge in [-0.15, -0.1) is 10.2 Å². The lowest BCUT2D eigenvalue weighted by Crippen LogP contribution is -2.11. The lowest BCUT2D eigenvalue weighted by atomic mass is 10.1. The number of carbonyl (C=O) groups is 1. The number of benzene rings is 2. The van der Waals surface area contributed by atoms with Gasteiger partial charge in [-0.3, -0.25) is 10.1 Å². The Labute approximate surface area is 159 Å². The topological polar surface area (TPSA) is 54.9 Å². The number of aromatic nitrogens is 2. The first-order valence-electron chi connectivity index (χ1n) is 7.78. The molecular formula is C18H16ClN3OS2. The molecule has 7 heteroatoms. The molecule has 0 radical (unpaired) electrons. The largest absolute Gasteiger partial charge is 0.296 e. The van der Waals surface area contributed by atoms with Gasteiger partial charge in [0.1, 0.15) is 0 Å². The van der Waals surface area contributed by atoms with Gasteiger partial charge in [0.15, 0.2) is 4.34 Å². The number of aryl methyl sites for hydroxylation is 1. The van der Waals surface area contributed by atoms with Crippen molar-refractivity contribution < 1.29 is 4.79 Å². The molecule has 0 fully saturated rings. The third kappa shape index (κ3) is 5.56. The first kappa shape index (κ1) is 17.9. The fourth-order valence-electron chi connectivity index (χ4n) is 2.17. The van der Waals surface area contributed by atoms with Crippen molar-refractivity contribution in [3.8, 4) is 0 Å². The van der Waals surface area contributed by atoms with Crippen LogP contribution < -0.4 is 5.32 Å². The minimum Gasteiger partial charge on any atom is -0.296 e. The number of amides is 1. The number of halogens is 1. The third-order valence-electron chi connectivity index (χ3n) is 3.41. The van der Waals surface area contributed by atoms with Crippen LogP contribution in [0.1, 0.15) is 22.3 Å². The highest BCUT2D eigenvalue weighted by Crippen LogP contribution is 2.26. The van der Waals surface area contributed by atoms with E-state index in [9.17, 15) is 4.79 Å². The minimum atomic E-state index is -0.214. The maximum absolute atomic E-state index is 12.1. The van der Waals surface area contributed by atoms with Gasteiger partial charge in [-0.1, -0.05) is 65.0 Å². The summed E-state index contributed by atoms with van der Waals surface area (Å²) in [5.41, 5.74) is 1.88. The number of anilines is 1. The molecule has 1 amide bonds. The summed E-state index contributed by atoms with van der Waals surface area (Å²) in [4.78, 5) is 12.1. The van der Waals surface area contributed by atoms with Crippen LogP contribution in [0.5, 0.6) is 0 Å². The second-order valence-corrected chi connectivity index (χ2v) is 8.03. The maximum Gasteiger partial charge on any atom is 0.257 e. The molecule has 0 aliphatic heterocycles. The van der Waals surface area contributed by atoms with E-state index in [0.717, 1.165) is 22.9 Å². The summed E-state index contributed by atoms with van der Waals surface area (Å²) < 4.78 is 0.861. The quantitative estimate of drug-likeness (QED) is 0.344. The van der Waals surface area contributed by atoms with Crippen molar-refractivity contribution in [2.75, 3.05) is 11.1 Å². The molecule has 4 nitrogen and oxygen atoms in total. The number of rotatable bonds is 7. The molecular weight excluding hydrogens is 374 g/mol. The SMILES string of the molecule is O=C(Nc1nnc(SCCCc2ccccc2)s1)c1ccc(Cl)cc1. The Kier molecular flexibility index (Phi) is 6.44. The van der Waals surface area contributed by atoms with Crippen molar-refractivity contribution in [3.63, 3.8) is 0 Å². The Morgan fingerprint density at radius 2 is 1.84 bits per heavy atom. The number of thioether (sulfide) groups is 1. The predicted octanol–water partition coefficient (Wildman–Crippen LogP) is 5.17. The van der Waals surface area contributed by atoms with E-state index in [0.29, 0.717) is 15.7 Å². The standard InChI is InChI=1S/C18H16ClN3OS2/c19-15-10-8-14(9-11-15)16(23)20-17-21-22-18(25-17)24-12-4-7-13-5-2-1-3-6-13/h1-3,5-6,8-11H,4,7,12H2,(H,20,21,23). The lowest BCUT2D eigenvalue weighted by molar-refractivity contribution is 0.102. The second kappa shape index (κ2) is 8.99. The average Bonchev–Trinajstić information content (AvgIpc) is 3.07. The highest BCUT2D eigenvalue weighted by Gasteiger charge is 2.10. The monoisotopic (exact) mass is 389 g/mol. The van der Waals surface area contributed by atoms with Crippen LogP contribution in [0.2, 0.25) is 5.02 Å². The molecule has 1 aromatic heterocycles. The average molecular weight is 390 g/mol. The van der Waals surface area contributed by atoms with Crippen molar-refractivity contribution in [1.82, 2.24) is 10.2 Å². The molecule has 1 N–H and O–H groups in total. The van der Waals surface area contributed by atoms with Gasteiger partial charge in [-0.2, -0.15) is 0 Å². The van der Waals surface area contributed by atoms with Crippen molar-refractivity contribution in [2.45, 2.75) is 17.2 Å². The molecule has 25 heavy (non-hydrogen) atoms. The van der Waals surface area contributed by atoms with E-state index >= 15 is 0 Å². The molecule has 0 unspecified atom stereocenters. The summed E-state index contributed by atoms with van der Waals surface area (Å²) in [6.45, 7) is 0. The van der Waals surface area contributed by atoms with E-state index < -0.39 is 0 Å². The zero-order valence-electron chi connectivity index (χ0n) is 13.3. The molecule has 0 spiro atoms. The third-order valence-corrected chi connectivity index (χ3v) is 5.72. The molecule has 2 aromatic carbocycles. The molecule has 0 saturated heterocycles. The van der Waals surface area contributed by atoms with Crippen molar-refractivity contribution in [2.24, 2.45) is 0 Å². The Hall–Kier alpha value is -1.89. The molecule has 0 atom stereocenters. The smallest absolute Gasteiger partial charge is 0.257 e. The van der Waals surface area contributed by atoms with Gasteiger partial charge in [0.25, 0.3) is 5.91 Å². The Balaban J connectivity index is 1.45. The lowest BCUT2D eigenvalue weighted by Gasteiger charge is -2.01. The van der Waals surface area contributed by atoms with Crippen LogP contribution in [-0.4, -0.2) is 21.9 Å². The fraction of sp³-hybridized carbons (Fsp3) is 0.167. The van der Waals surface area contributed by atoms with E-state index in [2.05, 4.69) is 39.8 Å². The molecule has 0 saturated carbocycles. The molecule has 3 aromatic rings. The maximum atomic E-state index is 12.1. The van der Waals surface area contributed by atoms with E-state index in [1.165, 1.54) is 16.9 Å². The van der Waals surface area contributed by atoms with Gasteiger partial charge in [-0.05, 0) is 42.7 Å². The Morgan fingerprint density at radius 3 is 2.60 bits per heavy atom. The van der Waals surface area contributed by atoms with Crippen LogP contribution >= 0.6 is 34.7 Å². The second-order valence-electron chi connectivity index (χ2n) is 5.27. The molecule has 0 aliphatic carbocycles. The summed E-state index contributed by atoms with van der Waals surface area (Å²) in [6.07, 6.45) is 2.12. The first-order chi connectivity index (χ1) is 12.2. The Bertz CT molecular complexity index is 822. The van der Waals surface area contributed by atoms with E-state index in [4.69, 9.17) is 11.6 Å². The van der Waals surface area contributed by atoms with Crippen LogP contribution in [0, 0.1) is 0 Å². The van der Waals surface area contributed by atoms with Crippen LogP contribution in [-0.2, 0) is 6.42 Å². The van der Waals surface area contributed by atoms with Gasteiger partial charge in [0.2, 0.25) is 5.13 Å². The number of nitrogens with zero attached hydrogens (tertiary/aromatic N) is 2. The first-order valence-corrected chi connectivity index (χ1v) is 9.96. The predicted molar refractivity (Wildman–Crippen MR) is 105 cm³/mol. The van der Waals surface area contributed by atoms with Crippen LogP contribution in [0.15, 0.2) is 58.9 Å². The Morgan fingerprint density at radius 1 is 1.08 bits per heavy atom. The van der Waals surface area contributed by atoms with E-state index in [1.807, 2.05) is 6.07 Å². The number of nitrogens with one attached hydrogen (secondary N) is 1. The van der Waals surface area contributed by atoms with Gasteiger partial charge in [0, 0.05) is 16.3 Å². The zero-order valence-corrected chi connectivity index (χ0v) is 15.7. The summed E-state index contributed by atoms with van der Waals surface area (Å²) in [6, 6.07) is 17.1. The van der Waals surface area contributed by atoms with Gasteiger partial charge in [-0.25, -0.2) is 0 Å². The highest BCUT2D eigenvalue weighted by atomic mass is 35.5.